The average Bonchev–Trinajstić information content (AvgIpc) is 2.14. The molecular formula is C10H8BrF3. The van der Waals surface area contributed by atoms with Crippen molar-refractivity contribution in [3.8, 4) is 0 Å². The third kappa shape index (κ3) is 2.87. The first-order valence-corrected chi connectivity index (χ1v) is 5.14. The van der Waals surface area contributed by atoms with E-state index in [1.807, 2.05) is 0 Å². The molecule has 0 spiro atoms. The van der Waals surface area contributed by atoms with Gasteiger partial charge in [0.1, 0.15) is 0 Å². The Kier molecular flexibility index (Phi) is 4.20. The fourth-order valence-corrected chi connectivity index (χ4v) is 1.22. The Labute approximate surface area is 88.6 Å². The van der Waals surface area contributed by atoms with Crippen LogP contribution in [0.4, 0.5) is 13.2 Å². The zero-order chi connectivity index (χ0) is 10.6. The van der Waals surface area contributed by atoms with Crippen molar-refractivity contribution in [2.45, 2.75) is 6.42 Å². The standard InChI is InChI=1S/C10H8BrF3/c11-4-2-1-3-7-5-8(12)10(14)9(13)6-7/h1,3,5-6H,2,4H2. The summed E-state index contributed by atoms with van der Waals surface area (Å²) in [5, 5.41) is 0.773. The Morgan fingerprint density at radius 1 is 1.14 bits per heavy atom. The van der Waals surface area contributed by atoms with Crippen molar-refractivity contribution < 1.29 is 13.2 Å². The van der Waals surface area contributed by atoms with Crippen LogP contribution < -0.4 is 0 Å². The molecule has 0 aliphatic carbocycles. The van der Waals surface area contributed by atoms with E-state index in [9.17, 15) is 13.2 Å². The van der Waals surface area contributed by atoms with Crippen molar-refractivity contribution in [2.24, 2.45) is 0 Å². The van der Waals surface area contributed by atoms with E-state index in [-0.39, 0.29) is 0 Å². The molecule has 1 aromatic carbocycles. The number of rotatable bonds is 3. The molecule has 0 N–H and O–H groups in total. The molecule has 14 heavy (non-hydrogen) atoms. The van der Waals surface area contributed by atoms with Crippen LogP contribution in [0.1, 0.15) is 12.0 Å². The lowest BCUT2D eigenvalue weighted by atomic mass is 10.2. The summed E-state index contributed by atoms with van der Waals surface area (Å²) in [6.45, 7) is 0. The number of halogens is 4. The Morgan fingerprint density at radius 2 is 1.71 bits per heavy atom. The zero-order valence-corrected chi connectivity index (χ0v) is 8.82. The van der Waals surface area contributed by atoms with Gasteiger partial charge in [-0.05, 0) is 24.1 Å². The second kappa shape index (κ2) is 5.20. The molecule has 0 amide bonds. The Balaban J connectivity index is 2.89. The van der Waals surface area contributed by atoms with E-state index in [4.69, 9.17) is 0 Å². The van der Waals surface area contributed by atoms with Crippen molar-refractivity contribution in [1.82, 2.24) is 0 Å². The molecule has 0 nitrogen and oxygen atoms in total. The van der Waals surface area contributed by atoms with Crippen LogP contribution in [0.2, 0.25) is 0 Å². The van der Waals surface area contributed by atoms with Crippen molar-refractivity contribution in [3.63, 3.8) is 0 Å². The van der Waals surface area contributed by atoms with Gasteiger partial charge in [-0.2, -0.15) is 0 Å². The Morgan fingerprint density at radius 3 is 2.21 bits per heavy atom. The van der Waals surface area contributed by atoms with Gasteiger partial charge in [0.15, 0.2) is 17.5 Å². The number of hydrogen-bond donors (Lipinski definition) is 0. The molecule has 0 fully saturated rings. The topological polar surface area (TPSA) is 0 Å². The van der Waals surface area contributed by atoms with Crippen LogP contribution in [-0.2, 0) is 0 Å². The highest BCUT2D eigenvalue weighted by Gasteiger charge is 2.08. The third-order valence-corrected chi connectivity index (χ3v) is 2.05. The summed E-state index contributed by atoms with van der Waals surface area (Å²) in [4.78, 5) is 0. The van der Waals surface area contributed by atoms with Crippen LogP contribution in [0.15, 0.2) is 18.2 Å². The summed E-state index contributed by atoms with van der Waals surface area (Å²) in [7, 11) is 0. The minimum Gasteiger partial charge on any atom is -0.204 e. The molecule has 0 aliphatic heterocycles. The molecule has 0 heterocycles. The molecule has 1 rings (SSSR count). The average molecular weight is 265 g/mol. The monoisotopic (exact) mass is 264 g/mol. The lowest BCUT2D eigenvalue weighted by molar-refractivity contribution is 0.447. The van der Waals surface area contributed by atoms with Gasteiger partial charge >= 0.3 is 0 Å². The second-order valence-corrected chi connectivity index (χ2v) is 3.47. The minimum absolute atomic E-state index is 0.322. The van der Waals surface area contributed by atoms with Crippen LogP contribution >= 0.6 is 15.9 Å². The van der Waals surface area contributed by atoms with Gasteiger partial charge in [0, 0.05) is 5.33 Å². The van der Waals surface area contributed by atoms with E-state index < -0.39 is 17.5 Å². The first-order chi connectivity index (χ1) is 6.65. The molecule has 0 saturated heterocycles. The van der Waals surface area contributed by atoms with E-state index in [0.29, 0.717) is 5.56 Å². The van der Waals surface area contributed by atoms with Crippen molar-refractivity contribution in [1.29, 1.82) is 0 Å². The second-order valence-electron chi connectivity index (χ2n) is 2.68. The quantitative estimate of drug-likeness (QED) is 0.574. The van der Waals surface area contributed by atoms with E-state index in [2.05, 4.69) is 15.9 Å². The minimum atomic E-state index is -1.43. The van der Waals surface area contributed by atoms with E-state index >= 15 is 0 Å². The van der Waals surface area contributed by atoms with Crippen molar-refractivity contribution in [2.75, 3.05) is 5.33 Å². The van der Waals surface area contributed by atoms with Gasteiger partial charge < -0.3 is 0 Å². The van der Waals surface area contributed by atoms with Gasteiger partial charge in [-0.1, -0.05) is 28.1 Å². The number of allylic oxidation sites excluding steroid dienone is 1. The fraction of sp³-hybridized carbons (Fsp3) is 0.200. The lowest BCUT2D eigenvalue weighted by Crippen LogP contribution is -1.90. The molecule has 0 atom stereocenters. The molecular weight excluding hydrogens is 257 g/mol. The van der Waals surface area contributed by atoms with Crippen molar-refractivity contribution in [3.05, 3.63) is 41.2 Å². The maximum absolute atomic E-state index is 12.7. The largest absolute Gasteiger partial charge is 0.204 e. The number of hydrogen-bond acceptors (Lipinski definition) is 0. The molecule has 0 unspecified atom stereocenters. The van der Waals surface area contributed by atoms with Gasteiger partial charge in [0.05, 0.1) is 0 Å². The third-order valence-electron chi connectivity index (χ3n) is 1.59. The van der Waals surface area contributed by atoms with Gasteiger partial charge in [-0.3, -0.25) is 0 Å². The summed E-state index contributed by atoms with van der Waals surface area (Å²) in [5.41, 5.74) is 0.322. The van der Waals surface area contributed by atoms with Crippen LogP contribution in [0.5, 0.6) is 0 Å². The van der Waals surface area contributed by atoms with E-state index in [1.54, 1.807) is 12.2 Å². The highest BCUT2D eigenvalue weighted by atomic mass is 79.9. The Bertz CT molecular complexity index is 324. The van der Waals surface area contributed by atoms with Crippen LogP contribution in [-0.4, -0.2) is 5.33 Å². The molecule has 76 valence electrons. The molecule has 0 radical (unpaired) electrons. The summed E-state index contributed by atoms with van der Waals surface area (Å²) >= 11 is 3.20. The molecule has 0 bridgehead atoms. The maximum Gasteiger partial charge on any atom is 0.194 e. The zero-order valence-electron chi connectivity index (χ0n) is 7.24. The summed E-state index contributed by atoms with van der Waals surface area (Å²) in [6, 6.07) is 1.92. The SMILES string of the molecule is Fc1cc(C=CCCBr)cc(F)c1F. The molecule has 0 saturated carbocycles. The fourth-order valence-electron chi connectivity index (χ4n) is 0.954. The van der Waals surface area contributed by atoms with E-state index in [0.717, 1.165) is 23.9 Å². The van der Waals surface area contributed by atoms with Crippen LogP contribution in [0.3, 0.4) is 0 Å². The first-order valence-electron chi connectivity index (χ1n) is 4.02. The highest BCUT2D eigenvalue weighted by molar-refractivity contribution is 9.09. The van der Waals surface area contributed by atoms with Crippen molar-refractivity contribution >= 4 is 22.0 Å². The molecule has 0 aliphatic rings. The first kappa shape index (κ1) is 11.3. The van der Waals surface area contributed by atoms with Gasteiger partial charge in [-0.25, -0.2) is 13.2 Å². The highest BCUT2D eigenvalue weighted by Crippen LogP contribution is 2.14. The predicted molar refractivity (Wildman–Crippen MR) is 53.8 cm³/mol. The molecule has 1 aromatic rings. The predicted octanol–water partition coefficient (Wildman–Crippen LogP) is 3.90. The van der Waals surface area contributed by atoms with Gasteiger partial charge in [0.25, 0.3) is 0 Å². The summed E-state index contributed by atoms with van der Waals surface area (Å²) in [5.74, 6) is -3.75. The molecule has 4 heteroatoms. The van der Waals surface area contributed by atoms with E-state index in [1.165, 1.54) is 0 Å². The summed E-state index contributed by atoms with van der Waals surface area (Å²) < 4.78 is 37.9. The Hall–Kier alpha value is -0.770. The number of alkyl halides is 1. The summed E-state index contributed by atoms with van der Waals surface area (Å²) in [6.07, 6.45) is 4.05. The van der Waals surface area contributed by atoms with Gasteiger partial charge in [0.2, 0.25) is 0 Å². The smallest absolute Gasteiger partial charge is 0.194 e. The normalized spacial score (nSPS) is 11.1. The molecule has 0 aromatic heterocycles. The lowest BCUT2D eigenvalue weighted by Gasteiger charge is -1.97. The van der Waals surface area contributed by atoms with Crippen LogP contribution in [0, 0.1) is 17.5 Å². The number of benzene rings is 1. The maximum atomic E-state index is 12.7. The van der Waals surface area contributed by atoms with Crippen LogP contribution in [0.25, 0.3) is 6.08 Å². The van der Waals surface area contributed by atoms with Gasteiger partial charge in [-0.15, -0.1) is 0 Å².